The fourth-order valence-electron chi connectivity index (χ4n) is 3.44. The molecule has 1 N–H and O–H groups in total. The Balaban J connectivity index is 1.78. The molecule has 0 spiro atoms. The highest BCUT2D eigenvalue weighted by Gasteiger charge is 2.23. The number of fused-ring (bicyclic) bond motifs is 1. The van der Waals surface area contributed by atoms with Crippen molar-refractivity contribution < 1.29 is 5.11 Å². The lowest BCUT2D eigenvalue weighted by Gasteiger charge is -2.15. The Kier molecular flexibility index (Phi) is 3.29. The second-order valence-electron chi connectivity index (χ2n) is 6.03. The zero-order valence-electron chi connectivity index (χ0n) is 12.4. The SMILES string of the molecule is Oc1ccc(Cc2nc3cccnc3n2C2CCCC2)cc1. The molecule has 1 fully saturated rings. The molecule has 0 radical (unpaired) electrons. The smallest absolute Gasteiger partial charge is 0.160 e. The number of hydrogen-bond donors (Lipinski definition) is 1. The van der Waals surface area contributed by atoms with Crippen molar-refractivity contribution in [2.24, 2.45) is 0 Å². The molecule has 2 heterocycles. The summed E-state index contributed by atoms with van der Waals surface area (Å²) in [5.74, 6) is 1.38. The fraction of sp³-hybridized carbons (Fsp3) is 0.333. The van der Waals surface area contributed by atoms with Gasteiger partial charge < -0.3 is 9.67 Å². The predicted octanol–water partition coefficient (Wildman–Crippen LogP) is 3.84. The molecule has 0 saturated heterocycles. The molecule has 1 aromatic carbocycles. The van der Waals surface area contributed by atoms with Crippen LogP contribution in [0.3, 0.4) is 0 Å². The average molecular weight is 293 g/mol. The van der Waals surface area contributed by atoms with Crippen molar-refractivity contribution in [2.75, 3.05) is 0 Å². The molecule has 4 heteroatoms. The van der Waals surface area contributed by atoms with Gasteiger partial charge in [-0.2, -0.15) is 0 Å². The van der Waals surface area contributed by atoms with Crippen LogP contribution in [-0.2, 0) is 6.42 Å². The Morgan fingerprint density at radius 1 is 1.09 bits per heavy atom. The molecule has 4 nitrogen and oxygen atoms in total. The molecule has 0 bridgehead atoms. The van der Waals surface area contributed by atoms with E-state index in [1.54, 1.807) is 12.1 Å². The summed E-state index contributed by atoms with van der Waals surface area (Å²) in [6.45, 7) is 0. The lowest BCUT2D eigenvalue weighted by Crippen LogP contribution is -2.10. The normalized spacial score (nSPS) is 15.6. The summed E-state index contributed by atoms with van der Waals surface area (Å²) < 4.78 is 2.34. The maximum Gasteiger partial charge on any atom is 0.160 e. The van der Waals surface area contributed by atoms with E-state index in [0.717, 1.165) is 29.0 Å². The van der Waals surface area contributed by atoms with Crippen LogP contribution in [0.25, 0.3) is 11.2 Å². The maximum absolute atomic E-state index is 9.43. The van der Waals surface area contributed by atoms with Gasteiger partial charge in [-0.15, -0.1) is 0 Å². The first-order valence-electron chi connectivity index (χ1n) is 7.91. The first kappa shape index (κ1) is 13.3. The molecule has 22 heavy (non-hydrogen) atoms. The minimum atomic E-state index is 0.301. The Hall–Kier alpha value is -2.36. The molecule has 0 atom stereocenters. The third-order valence-electron chi connectivity index (χ3n) is 4.51. The van der Waals surface area contributed by atoms with Crippen molar-refractivity contribution in [2.45, 2.75) is 38.1 Å². The van der Waals surface area contributed by atoms with Crippen molar-refractivity contribution in [3.63, 3.8) is 0 Å². The molecule has 4 rings (SSSR count). The van der Waals surface area contributed by atoms with Gasteiger partial charge in [-0.3, -0.25) is 0 Å². The van der Waals surface area contributed by atoms with E-state index >= 15 is 0 Å². The standard InChI is InChI=1S/C18H19N3O/c22-15-9-7-13(8-10-15)12-17-20-16-6-3-11-19-18(16)21(17)14-4-1-2-5-14/h3,6-11,14,22H,1-2,4-5,12H2. The van der Waals surface area contributed by atoms with E-state index in [-0.39, 0.29) is 0 Å². The highest BCUT2D eigenvalue weighted by molar-refractivity contribution is 5.71. The van der Waals surface area contributed by atoms with Gasteiger partial charge in [0, 0.05) is 18.7 Å². The van der Waals surface area contributed by atoms with Crippen molar-refractivity contribution in [3.8, 4) is 5.75 Å². The van der Waals surface area contributed by atoms with E-state index in [9.17, 15) is 5.11 Å². The zero-order chi connectivity index (χ0) is 14.9. The Morgan fingerprint density at radius 3 is 2.64 bits per heavy atom. The zero-order valence-corrected chi connectivity index (χ0v) is 12.4. The van der Waals surface area contributed by atoms with Gasteiger partial charge in [0.15, 0.2) is 5.65 Å². The van der Waals surface area contributed by atoms with Crippen LogP contribution in [0.4, 0.5) is 0 Å². The fourth-order valence-corrected chi connectivity index (χ4v) is 3.44. The number of nitrogens with zero attached hydrogens (tertiary/aromatic N) is 3. The van der Waals surface area contributed by atoms with Crippen LogP contribution < -0.4 is 0 Å². The number of imidazole rings is 1. The lowest BCUT2D eigenvalue weighted by atomic mass is 10.1. The molecular weight excluding hydrogens is 274 g/mol. The number of aromatic hydroxyl groups is 1. The Labute approximate surface area is 129 Å². The second-order valence-corrected chi connectivity index (χ2v) is 6.03. The first-order chi connectivity index (χ1) is 10.8. The van der Waals surface area contributed by atoms with Gasteiger partial charge in [-0.05, 0) is 42.7 Å². The molecule has 1 aliphatic carbocycles. The summed E-state index contributed by atoms with van der Waals surface area (Å²) in [7, 11) is 0. The minimum Gasteiger partial charge on any atom is -0.508 e. The lowest BCUT2D eigenvalue weighted by molar-refractivity contribution is 0.475. The molecule has 0 unspecified atom stereocenters. The van der Waals surface area contributed by atoms with E-state index in [2.05, 4.69) is 9.55 Å². The third kappa shape index (κ3) is 2.34. The van der Waals surface area contributed by atoms with Gasteiger partial charge in [-0.25, -0.2) is 9.97 Å². The number of pyridine rings is 1. The average Bonchev–Trinajstić information content (AvgIpc) is 3.16. The van der Waals surface area contributed by atoms with E-state index in [1.165, 1.54) is 25.7 Å². The maximum atomic E-state index is 9.43. The monoisotopic (exact) mass is 293 g/mol. The molecule has 0 aliphatic heterocycles. The van der Waals surface area contributed by atoms with Crippen molar-refractivity contribution in [1.82, 2.24) is 14.5 Å². The number of benzene rings is 1. The second kappa shape index (κ2) is 5.44. The van der Waals surface area contributed by atoms with Gasteiger partial charge in [0.2, 0.25) is 0 Å². The van der Waals surface area contributed by atoms with Crippen LogP contribution in [0.1, 0.15) is 43.1 Å². The highest BCUT2D eigenvalue weighted by Crippen LogP contribution is 2.33. The quantitative estimate of drug-likeness (QED) is 0.798. The summed E-state index contributed by atoms with van der Waals surface area (Å²) in [6, 6.07) is 11.9. The third-order valence-corrected chi connectivity index (χ3v) is 4.51. The van der Waals surface area contributed by atoms with Crippen LogP contribution in [-0.4, -0.2) is 19.6 Å². The summed E-state index contributed by atoms with van der Waals surface area (Å²) >= 11 is 0. The predicted molar refractivity (Wildman–Crippen MR) is 85.9 cm³/mol. The minimum absolute atomic E-state index is 0.301. The topological polar surface area (TPSA) is 50.9 Å². The van der Waals surface area contributed by atoms with Crippen LogP contribution in [0.5, 0.6) is 5.75 Å². The Morgan fingerprint density at radius 2 is 1.86 bits per heavy atom. The van der Waals surface area contributed by atoms with Crippen LogP contribution in [0, 0.1) is 0 Å². The number of rotatable bonds is 3. The molecule has 0 amide bonds. The molecule has 1 saturated carbocycles. The first-order valence-corrected chi connectivity index (χ1v) is 7.91. The van der Waals surface area contributed by atoms with E-state index in [0.29, 0.717) is 11.8 Å². The summed E-state index contributed by atoms with van der Waals surface area (Å²) in [5.41, 5.74) is 3.14. The molecule has 3 aromatic rings. The van der Waals surface area contributed by atoms with Gasteiger partial charge >= 0.3 is 0 Å². The number of aromatic nitrogens is 3. The van der Waals surface area contributed by atoms with Crippen LogP contribution >= 0.6 is 0 Å². The van der Waals surface area contributed by atoms with Crippen molar-refractivity contribution >= 4 is 11.2 Å². The molecule has 1 aliphatic rings. The van der Waals surface area contributed by atoms with E-state index in [1.807, 2.05) is 30.5 Å². The van der Waals surface area contributed by atoms with Crippen molar-refractivity contribution in [1.29, 1.82) is 0 Å². The summed E-state index contributed by atoms with van der Waals surface area (Å²) in [5, 5.41) is 9.43. The van der Waals surface area contributed by atoms with Crippen LogP contribution in [0.15, 0.2) is 42.6 Å². The van der Waals surface area contributed by atoms with Gasteiger partial charge in [0.1, 0.15) is 17.1 Å². The van der Waals surface area contributed by atoms with E-state index < -0.39 is 0 Å². The number of phenolic OH excluding ortho intramolecular Hbond substituents is 1. The van der Waals surface area contributed by atoms with E-state index in [4.69, 9.17) is 4.98 Å². The summed E-state index contributed by atoms with van der Waals surface area (Å²) in [4.78, 5) is 9.38. The summed E-state index contributed by atoms with van der Waals surface area (Å²) in [6.07, 6.45) is 7.62. The molecule has 112 valence electrons. The van der Waals surface area contributed by atoms with Gasteiger partial charge in [0.25, 0.3) is 0 Å². The molecular formula is C18H19N3O. The largest absolute Gasteiger partial charge is 0.508 e. The molecule has 2 aromatic heterocycles. The van der Waals surface area contributed by atoms with Crippen LogP contribution in [0.2, 0.25) is 0 Å². The van der Waals surface area contributed by atoms with Crippen molar-refractivity contribution in [3.05, 3.63) is 54.0 Å². The highest BCUT2D eigenvalue weighted by atomic mass is 16.3. The van der Waals surface area contributed by atoms with Gasteiger partial charge in [-0.1, -0.05) is 25.0 Å². The Bertz CT molecular complexity index is 786. The number of hydrogen-bond acceptors (Lipinski definition) is 3. The van der Waals surface area contributed by atoms with Gasteiger partial charge in [0.05, 0.1) is 0 Å². The number of phenols is 1.